The molecule has 27 heavy (non-hydrogen) atoms. The van der Waals surface area contributed by atoms with Gasteiger partial charge in [0.2, 0.25) is 0 Å². The van der Waals surface area contributed by atoms with Gasteiger partial charge in [0.1, 0.15) is 18.0 Å². The van der Waals surface area contributed by atoms with Gasteiger partial charge in [-0.1, -0.05) is 0 Å². The second-order valence-corrected chi connectivity index (χ2v) is 7.31. The lowest BCUT2D eigenvalue weighted by atomic mass is 10.2. The van der Waals surface area contributed by atoms with Crippen molar-refractivity contribution in [2.24, 2.45) is 0 Å². The summed E-state index contributed by atoms with van der Waals surface area (Å²) < 4.78 is 48.1. The SMILES string of the molecule is CC(C)(C)OC(=O)N1CC(F)(F)CC1c1ncn(-c2ncc(N)cc2F)n1. The van der Waals surface area contributed by atoms with Crippen molar-refractivity contribution in [2.45, 2.75) is 44.8 Å². The lowest BCUT2D eigenvalue weighted by molar-refractivity contribution is -0.00248. The molecule has 1 fully saturated rings. The standard InChI is InChI=1S/C16H19F3N6O2/c1-15(2,3)27-14(26)24-7-16(18,19)5-11(24)12-22-8-25(23-12)13-10(17)4-9(20)6-21-13/h4,6,8,11H,5,7,20H2,1-3H3. The van der Waals surface area contributed by atoms with E-state index in [9.17, 15) is 18.0 Å². The first kappa shape index (κ1) is 18.9. The third kappa shape index (κ3) is 4.12. The van der Waals surface area contributed by atoms with Crippen molar-refractivity contribution in [2.75, 3.05) is 12.3 Å². The zero-order chi connectivity index (χ0) is 20.0. The number of nitrogens with two attached hydrogens (primary N) is 1. The van der Waals surface area contributed by atoms with Crippen molar-refractivity contribution < 1.29 is 22.7 Å². The number of hydrogen-bond acceptors (Lipinski definition) is 6. The molecule has 11 heteroatoms. The van der Waals surface area contributed by atoms with E-state index in [0.717, 1.165) is 22.0 Å². The summed E-state index contributed by atoms with van der Waals surface area (Å²) in [6.45, 7) is 4.10. The summed E-state index contributed by atoms with van der Waals surface area (Å²) in [5.74, 6) is -4.10. The number of aromatic nitrogens is 4. The summed E-state index contributed by atoms with van der Waals surface area (Å²) in [6.07, 6.45) is 0.822. The van der Waals surface area contributed by atoms with E-state index >= 15 is 0 Å². The maximum absolute atomic E-state index is 14.0. The van der Waals surface area contributed by atoms with E-state index in [-0.39, 0.29) is 17.3 Å². The first-order valence-corrected chi connectivity index (χ1v) is 8.16. The minimum Gasteiger partial charge on any atom is -0.444 e. The summed E-state index contributed by atoms with van der Waals surface area (Å²) in [4.78, 5) is 21.0. The van der Waals surface area contributed by atoms with E-state index in [1.54, 1.807) is 20.8 Å². The van der Waals surface area contributed by atoms with Crippen LogP contribution in [0.4, 0.5) is 23.7 Å². The van der Waals surface area contributed by atoms with Gasteiger partial charge in [0, 0.05) is 12.5 Å². The van der Waals surface area contributed by atoms with Crippen molar-refractivity contribution in [1.82, 2.24) is 24.6 Å². The van der Waals surface area contributed by atoms with E-state index in [1.807, 2.05) is 0 Å². The Kier molecular flexibility index (Phi) is 4.48. The molecule has 1 aliphatic heterocycles. The highest BCUT2D eigenvalue weighted by atomic mass is 19.3. The molecule has 2 aromatic rings. The molecule has 0 saturated carbocycles. The summed E-state index contributed by atoms with van der Waals surface area (Å²) in [5.41, 5.74) is 4.74. The molecule has 2 N–H and O–H groups in total. The van der Waals surface area contributed by atoms with Crippen LogP contribution in [0.1, 0.15) is 39.1 Å². The van der Waals surface area contributed by atoms with Gasteiger partial charge < -0.3 is 10.5 Å². The molecule has 3 rings (SSSR count). The average molecular weight is 384 g/mol. The van der Waals surface area contributed by atoms with E-state index in [2.05, 4.69) is 15.1 Å². The Labute approximate surface area is 153 Å². The number of alkyl halides is 2. The minimum absolute atomic E-state index is 0.0592. The first-order chi connectivity index (χ1) is 12.5. The predicted molar refractivity (Wildman–Crippen MR) is 88.8 cm³/mol. The van der Waals surface area contributed by atoms with Gasteiger partial charge in [0.15, 0.2) is 17.5 Å². The fourth-order valence-corrected chi connectivity index (χ4v) is 2.70. The van der Waals surface area contributed by atoms with Crippen molar-refractivity contribution >= 4 is 11.8 Å². The number of likely N-dealkylation sites (tertiary alicyclic amines) is 1. The van der Waals surface area contributed by atoms with E-state index < -0.39 is 42.4 Å². The van der Waals surface area contributed by atoms with Gasteiger partial charge in [-0.25, -0.2) is 27.9 Å². The Morgan fingerprint density at radius 2 is 2.07 bits per heavy atom. The predicted octanol–water partition coefficient (Wildman–Crippen LogP) is 2.70. The van der Waals surface area contributed by atoms with Crippen molar-refractivity contribution in [3.8, 4) is 5.82 Å². The van der Waals surface area contributed by atoms with Crippen LogP contribution in [0.5, 0.6) is 0 Å². The molecule has 2 aromatic heterocycles. The number of anilines is 1. The van der Waals surface area contributed by atoms with Gasteiger partial charge in [-0.05, 0) is 20.8 Å². The Morgan fingerprint density at radius 1 is 1.37 bits per heavy atom. The molecular weight excluding hydrogens is 365 g/mol. The topological polar surface area (TPSA) is 99.2 Å². The molecule has 0 bridgehead atoms. The zero-order valence-corrected chi connectivity index (χ0v) is 15.0. The fraction of sp³-hybridized carbons (Fsp3) is 0.500. The number of nitrogen functional groups attached to an aromatic ring is 1. The van der Waals surface area contributed by atoms with Crippen LogP contribution in [0.15, 0.2) is 18.6 Å². The van der Waals surface area contributed by atoms with E-state index in [4.69, 9.17) is 10.5 Å². The lowest BCUT2D eigenvalue weighted by Crippen LogP contribution is -2.38. The normalized spacial score (nSPS) is 19.3. The fourth-order valence-electron chi connectivity index (χ4n) is 2.70. The van der Waals surface area contributed by atoms with Crippen LogP contribution in [-0.2, 0) is 4.74 Å². The van der Waals surface area contributed by atoms with Gasteiger partial charge in [-0.2, -0.15) is 4.68 Å². The van der Waals surface area contributed by atoms with Gasteiger partial charge in [0.05, 0.1) is 18.4 Å². The zero-order valence-electron chi connectivity index (χ0n) is 15.0. The van der Waals surface area contributed by atoms with Gasteiger partial charge in [-0.3, -0.25) is 4.90 Å². The highest BCUT2D eigenvalue weighted by molar-refractivity contribution is 5.69. The molecular formula is C16H19F3N6O2. The Hall–Kier alpha value is -2.85. The van der Waals surface area contributed by atoms with Crippen LogP contribution in [0.25, 0.3) is 5.82 Å². The number of nitrogens with zero attached hydrogens (tertiary/aromatic N) is 5. The molecule has 1 atom stereocenters. The number of amides is 1. The van der Waals surface area contributed by atoms with Gasteiger partial charge >= 0.3 is 6.09 Å². The number of rotatable bonds is 2. The number of halogens is 3. The van der Waals surface area contributed by atoms with Crippen molar-refractivity contribution in [3.05, 3.63) is 30.2 Å². The first-order valence-electron chi connectivity index (χ1n) is 8.16. The number of carbonyl (C=O) groups is 1. The Balaban J connectivity index is 1.89. The molecule has 0 aliphatic carbocycles. The average Bonchev–Trinajstić information content (AvgIpc) is 3.09. The summed E-state index contributed by atoms with van der Waals surface area (Å²) in [6, 6.07) is -0.0478. The summed E-state index contributed by atoms with van der Waals surface area (Å²) in [7, 11) is 0. The third-order valence-electron chi connectivity index (χ3n) is 3.77. The number of hydrogen-bond donors (Lipinski definition) is 1. The number of ether oxygens (including phenoxy) is 1. The van der Waals surface area contributed by atoms with Crippen LogP contribution in [0.3, 0.4) is 0 Å². The molecule has 1 aliphatic rings. The Morgan fingerprint density at radius 3 is 2.70 bits per heavy atom. The quantitative estimate of drug-likeness (QED) is 0.855. The molecule has 1 unspecified atom stereocenters. The molecule has 0 aromatic carbocycles. The molecule has 0 radical (unpaired) electrons. The Bertz CT molecular complexity index is 864. The van der Waals surface area contributed by atoms with Gasteiger partial charge in [0.25, 0.3) is 5.92 Å². The van der Waals surface area contributed by atoms with Crippen LogP contribution >= 0.6 is 0 Å². The summed E-state index contributed by atoms with van der Waals surface area (Å²) >= 11 is 0. The van der Waals surface area contributed by atoms with E-state index in [1.165, 1.54) is 6.20 Å². The van der Waals surface area contributed by atoms with Crippen LogP contribution in [-0.4, -0.2) is 48.8 Å². The summed E-state index contributed by atoms with van der Waals surface area (Å²) in [5, 5.41) is 4.03. The maximum Gasteiger partial charge on any atom is 0.411 e. The number of pyridine rings is 1. The smallest absolute Gasteiger partial charge is 0.411 e. The highest BCUT2D eigenvalue weighted by Gasteiger charge is 2.50. The second-order valence-electron chi connectivity index (χ2n) is 7.31. The third-order valence-corrected chi connectivity index (χ3v) is 3.77. The maximum atomic E-state index is 14.0. The van der Waals surface area contributed by atoms with Crippen LogP contribution < -0.4 is 5.73 Å². The second kappa shape index (κ2) is 6.39. The lowest BCUT2D eigenvalue weighted by Gasteiger charge is -2.27. The van der Waals surface area contributed by atoms with Crippen LogP contribution in [0.2, 0.25) is 0 Å². The molecule has 3 heterocycles. The van der Waals surface area contributed by atoms with E-state index in [0.29, 0.717) is 0 Å². The molecule has 1 saturated heterocycles. The minimum atomic E-state index is -3.11. The number of carbonyl (C=O) groups excluding carboxylic acids is 1. The monoisotopic (exact) mass is 384 g/mol. The van der Waals surface area contributed by atoms with Crippen molar-refractivity contribution in [3.63, 3.8) is 0 Å². The highest BCUT2D eigenvalue weighted by Crippen LogP contribution is 2.40. The van der Waals surface area contributed by atoms with Crippen LogP contribution in [0, 0.1) is 5.82 Å². The molecule has 8 nitrogen and oxygen atoms in total. The van der Waals surface area contributed by atoms with Gasteiger partial charge in [-0.15, -0.1) is 5.10 Å². The molecule has 0 spiro atoms. The largest absolute Gasteiger partial charge is 0.444 e. The van der Waals surface area contributed by atoms with Crippen molar-refractivity contribution in [1.29, 1.82) is 0 Å². The molecule has 1 amide bonds. The molecule has 146 valence electrons.